The number of rotatable bonds is 2. The zero-order valence-electron chi connectivity index (χ0n) is 11.6. The lowest BCUT2D eigenvalue weighted by atomic mass is 9.99. The van der Waals surface area contributed by atoms with Crippen molar-refractivity contribution in [3.63, 3.8) is 0 Å². The highest BCUT2D eigenvalue weighted by molar-refractivity contribution is 8.13. The summed E-state index contributed by atoms with van der Waals surface area (Å²) in [5, 5.41) is 0. The van der Waals surface area contributed by atoms with E-state index in [2.05, 4.69) is 6.92 Å². The Morgan fingerprint density at radius 2 is 2.10 bits per heavy atom. The number of hydrogen-bond acceptors (Lipinski definition) is 3. The maximum absolute atomic E-state index is 12.4. The van der Waals surface area contributed by atoms with E-state index in [-0.39, 0.29) is 10.8 Å². The Morgan fingerprint density at radius 1 is 1.40 bits per heavy atom. The van der Waals surface area contributed by atoms with Crippen LogP contribution in [-0.2, 0) is 9.05 Å². The first-order chi connectivity index (χ1) is 9.29. The number of nitrogens with zero attached hydrogens (tertiary/aromatic N) is 1. The van der Waals surface area contributed by atoms with Gasteiger partial charge in [-0.1, -0.05) is 13.0 Å². The maximum Gasteiger partial charge on any atom is 0.261 e. The fourth-order valence-electron chi connectivity index (χ4n) is 2.55. The summed E-state index contributed by atoms with van der Waals surface area (Å²) < 4.78 is 23.0. The predicted octanol–water partition coefficient (Wildman–Crippen LogP) is 2.79. The fraction of sp³-hybridized carbons (Fsp3) is 0.500. The molecule has 1 atom stereocenters. The van der Waals surface area contributed by atoms with Crippen LogP contribution in [0.1, 0.15) is 35.7 Å². The van der Waals surface area contributed by atoms with Crippen LogP contribution in [0.15, 0.2) is 23.1 Å². The van der Waals surface area contributed by atoms with Crippen LogP contribution in [0.2, 0.25) is 0 Å². The van der Waals surface area contributed by atoms with Gasteiger partial charge in [0, 0.05) is 29.3 Å². The highest BCUT2D eigenvalue weighted by Gasteiger charge is 2.23. The van der Waals surface area contributed by atoms with Crippen LogP contribution in [0.4, 0.5) is 0 Å². The quantitative estimate of drug-likeness (QED) is 0.789. The summed E-state index contributed by atoms with van der Waals surface area (Å²) >= 11 is 0. The first kappa shape index (κ1) is 15.3. The van der Waals surface area contributed by atoms with Gasteiger partial charge in [0.25, 0.3) is 15.0 Å². The Morgan fingerprint density at radius 3 is 2.70 bits per heavy atom. The average Bonchev–Trinajstić information content (AvgIpc) is 2.37. The van der Waals surface area contributed by atoms with E-state index in [4.69, 9.17) is 10.7 Å². The van der Waals surface area contributed by atoms with Crippen LogP contribution in [0.5, 0.6) is 0 Å². The molecule has 0 aromatic heterocycles. The van der Waals surface area contributed by atoms with E-state index in [1.807, 2.05) is 0 Å². The van der Waals surface area contributed by atoms with E-state index < -0.39 is 9.05 Å². The fourth-order valence-corrected chi connectivity index (χ4v) is 3.77. The summed E-state index contributed by atoms with van der Waals surface area (Å²) in [4.78, 5) is 14.2. The van der Waals surface area contributed by atoms with Crippen molar-refractivity contribution in [2.45, 2.75) is 31.6 Å². The van der Waals surface area contributed by atoms with Gasteiger partial charge in [-0.05, 0) is 43.4 Å². The van der Waals surface area contributed by atoms with E-state index >= 15 is 0 Å². The molecule has 0 spiro atoms. The summed E-state index contributed by atoms with van der Waals surface area (Å²) in [6.07, 6.45) is 2.11. The molecule has 1 fully saturated rings. The summed E-state index contributed by atoms with van der Waals surface area (Å²) in [6.45, 7) is 5.21. The van der Waals surface area contributed by atoms with E-state index in [1.165, 1.54) is 6.07 Å². The smallest absolute Gasteiger partial charge is 0.261 e. The van der Waals surface area contributed by atoms with Crippen LogP contribution < -0.4 is 0 Å². The molecular formula is C14H18ClNO3S. The molecule has 110 valence electrons. The van der Waals surface area contributed by atoms with Crippen molar-refractivity contribution in [1.82, 2.24) is 4.90 Å². The van der Waals surface area contributed by atoms with Gasteiger partial charge in [-0.2, -0.15) is 0 Å². The standard InChI is InChI=1S/C14H18ClNO3S/c1-10-4-3-7-16(9-10)14(17)12-6-5-11(2)13(8-12)20(15,18)19/h5-6,8,10H,3-4,7,9H2,1-2H3. The molecule has 4 nitrogen and oxygen atoms in total. The number of aryl methyl sites for hydroxylation is 1. The Labute approximate surface area is 124 Å². The normalized spacial score (nSPS) is 19.9. The molecule has 0 saturated carbocycles. The van der Waals surface area contributed by atoms with Gasteiger partial charge in [-0.15, -0.1) is 0 Å². The molecule has 0 bridgehead atoms. The maximum atomic E-state index is 12.4. The van der Waals surface area contributed by atoms with E-state index in [1.54, 1.807) is 24.0 Å². The number of carbonyl (C=O) groups is 1. The van der Waals surface area contributed by atoms with Gasteiger partial charge in [-0.3, -0.25) is 4.79 Å². The van der Waals surface area contributed by atoms with Gasteiger partial charge in [0.1, 0.15) is 0 Å². The minimum atomic E-state index is -3.83. The minimum Gasteiger partial charge on any atom is -0.338 e. The van der Waals surface area contributed by atoms with Crippen molar-refractivity contribution >= 4 is 25.6 Å². The third kappa shape index (κ3) is 3.33. The lowest BCUT2D eigenvalue weighted by Gasteiger charge is -2.31. The molecular weight excluding hydrogens is 298 g/mol. The molecule has 1 aliphatic heterocycles. The number of piperidine rings is 1. The van der Waals surface area contributed by atoms with Gasteiger partial charge in [0.05, 0.1) is 4.90 Å². The van der Waals surface area contributed by atoms with Crippen LogP contribution in [0.3, 0.4) is 0 Å². The molecule has 20 heavy (non-hydrogen) atoms. The Bertz CT molecular complexity index is 627. The van der Waals surface area contributed by atoms with E-state index in [0.717, 1.165) is 25.9 Å². The summed E-state index contributed by atoms with van der Waals surface area (Å²) in [5.74, 6) is 0.354. The van der Waals surface area contributed by atoms with Gasteiger partial charge in [-0.25, -0.2) is 8.42 Å². The molecule has 0 radical (unpaired) electrons. The van der Waals surface area contributed by atoms with Crippen molar-refractivity contribution in [3.05, 3.63) is 29.3 Å². The van der Waals surface area contributed by atoms with Crippen LogP contribution in [0.25, 0.3) is 0 Å². The molecule has 1 heterocycles. The van der Waals surface area contributed by atoms with Gasteiger partial charge >= 0.3 is 0 Å². The summed E-state index contributed by atoms with van der Waals surface area (Å²) in [6, 6.07) is 4.65. The summed E-state index contributed by atoms with van der Waals surface area (Å²) in [5.41, 5.74) is 0.924. The number of likely N-dealkylation sites (tertiary alicyclic amines) is 1. The zero-order valence-corrected chi connectivity index (χ0v) is 13.2. The minimum absolute atomic E-state index is 0.00933. The lowest BCUT2D eigenvalue weighted by Crippen LogP contribution is -2.39. The Kier molecular flexibility index (Phi) is 4.39. The van der Waals surface area contributed by atoms with Gasteiger partial charge in [0.15, 0.2) is 0 Å². The molecule has 1 unspecified atom stereocenters. The first-order valence-corrected chi connectivity index (χ1v) is 8.94. The molecule has 1 amide bonds. The van der Waals surface area contributed by atoms with Crippen molar-refractivity contribution in [1.29, 1.82) is 0 Å². The second-order valence-electron chi connectivity index (χ2n) is 5.42. The Balaban J connectivity index is 2.31. The molecule has 1 saturated heterocycles. The number of benzene rings is 1. The number of carbonyl (C=O) groups excluding carboxylic acids is 1. The average molecular weight is 316 g/mol. The third-order valence-electron chi connectivity index (χ3n) is 3.64. The molecule has 0 aliphatic carbocycles. The highest BCUT2D eigenvalue weighted by atomic mass is 35.7. The SMILES string of the molecule is Cc1ccc(C(=O)N2CCCC(C)C2)cc1S(=O)(=O)Cl. The number of halogens is 1. The molecule has 1 aromatic carbocycles. The second kappa shape index (κ2) is 5.74. The largest absolute Gasteiger partial charge is 0.338 e. The monoisotopic (exact) mass is 315 g/mol. The van der Waals surface area contributed by atoms with Crippen molar-refractivity contribution in [2.24, 2.45) is 5.92 Å². The molecule has 6 heteroatoms. The van der Waals surface area contributed by atoms with Gasteiger partial charge < -0.3 is 4.90 Å². The lowest BCUT2D eigenvalue weighted by molar-refractivity contribution is 0.0683. The number of hydrogen-bond donors (Lipinski definition) is 0. The molecule has 0 N–H and O–H groups in total. The topological polar surface area (TPSA) is 54.5 Å². The van der Waals surface area contributed by atoms with Crippen LogP contribution in [-0.4, -0.2) is 32.3 Å². The van der Waals surface area contributed by atoms with Crippen molar-refractivity contribution in [2.75, 3.05) is 13.1 Å². The highest BCUT2D eigenvalue weighted by Crippen LogP contribution is 2.23. The molecule has 2 rings (SSSR count). The Hall–Kier alpha value is -1.07. The van der Waals surface area contributed by atoms with E-state index in [9.17, 15) is 13.2 Å². The van der Waals surface area contributed by atoms with Crippen LogP contribution >= 0.6 is 10.7 Å². The van der Waals surface area contributed by atoms with Crippen LogP contribution in [0, 0.1) is 12.8 Å². The summed E-state index contributed by atoms with van der Waals surface area (Å²) in [7, 11) is 1.57. The van der Waals surface area contributed by atoms with Crippen molar-refractivity contribution in [3.8, 4) is 0 Å². The predicted molar refractivity (Wildman–Crippen MR) is 78.5 cm³/mol. The molecule has 1 aliphatic rings. The molecule has 1 aromatic rings. The van der Waals surface area contributed by atoms with E-state index in [0.29, 0.717) is 17.0 Å². The van der Waals surface area contributed by atoms with Crippen molar-refractivity contribution < 1.29 is 13.2 Å². The second-order valence-corrected chi connectivity index (χ2v) is 7.95. The first-order valence-electron chi connectivity index (χ1n) is 6.63. The zero-order chi connectivity index (χ0) is 14.9. The number of amides is 1. The third-order valence-corrected chi connectivity index (χ3v) is 5.11. The van der Waals surface area contributed by atoms with Gasteiger partial charge in [0.2, 0.25) is 0 Å².